The number of nitrogens with one attached hydrogen (secondary N) is 1. The van der Waals surface area contributed by atoms with Gasteiger partial charge in [0.2, 0.25) is 0 Å². The van der Waals surface area contributed by atoms with Gasteiger partial charge in [-0.15, -0.1) is 0 Å². The molecule has 1 atom stereocenters. The Hall–Kier alpha value is -2.23. The highest BCUT2D eigenvalue weighted by atomic mass is 19.3. The molecule has 1 unspecified atom stereocenters. The van der Waals surface area contributed by atoms with Crippen LogP contribution in [-0.2, 0) is 12.3 Å². The van der Waals surface area contributed by atoms with Crippen LogP contribution in [0.25, 0.3) is 0 Å². The maximum absolute atomic E-state index is 13.4. The summed E-state index contributed by atoms with van der Waals surface area (Å²) < 4.78 is 26.7. The molecular weight excluding hydrogens is 450 g/mol. The molecule has 0 amide bonds. The predicted octanol–water partition coefficient (Wildman–Crippen LogP) is 9.98. The van der Waals surface area contributed by atoms with Crippen LogP contribution in [0, 0.1) is 17.8 Å². The maximum atomic E-state index is 13.4. The second kappa shape index (κ2) is 15.8. The third kappa shape index (κ3) is 11.7. The Balaban J connectivity index is 0.000000936. The first-order valence-corrected chi connectivity index (χ1v) is 13.7. The smallest absolute Gasteiger partial charge is 0.270 e. The summed E-state index contributed by atoms with van der Waals surface area (Å²) in [5, 5.41) is 3.16. The number of alkyl halides is 2. The summed E-state index contributed by atoms with van der Waals surface area (Å²) in [6.07, 6.45) is 11.2. The van der Waals surface area contributed by atoms with Gasteiger partial charge >= 0.3 is 0 Å². The van der Waals surface area contributed by atoms with E-state index in [2.05, 4.69) is 53.1 Å². The van der Waals surface area contributed by atoms with Crippen LogP contribution < -0.4 is 5.32 Å². The van der Waals surface area contributed by atoms with E-state index in [1.54, 1.807) is 18.3 Å². The van der Waals surface area contributed by atoms with Gasteiger partial charge in [0.25, 0.3) is 5.92 Å². The first-order chi connectivity index (χ1) is 16.9. The average Bonchev–Trinajstić information content (AvgIpc) is 3.30. The van der Waals surface area contributed by atoms with E-state index in [1.165, 1.54) is 37.8 Å². The Bertz CT molecular complexity index is 866. The molecule has 202 valence electrons. The molecule has 1 N–H and O–H groups in total. The zero-order valence-electron chi connectivity index (χ0n) is 23.9. The highest BCUT2D eigenvalue weighted by molar-refractivity contribution is 5.83. The second-order valence-electron chi connectivity index (χ2n) is 10.9. The lowest BCUT2D eigenvalue weighted by atomic mass is 9.85. The Morgan fingerprint density at radius 2 is 1.75 bits per heavy atom. The van der Waals surface area contributed by atoms with Gasteiger partial charge in [0.1, 0.15) is 5.82 Å². The maximum Gasteiger partial charge on any atom is 0.270 e. The van der Waals surface area contributed by atoms with E-state index in [4.69, 9.17) is 4.99 Å². The lowest BCUT2D eigenvalue weighted by Crippen LogP contribution is -2.13. The van der Waals surface area contributed by atoms with E-state index in [0.717, 1.165) is 66.8 Å². The van der Waals surface area contributed by atoms with Gasteiger partial charge in [-0.1, -0.05) is 90.8 Å². The van der Waals surface area contributed by atoms with Crippen LogP contribution >= 0.6 is 0 Å². The standard InChI is InChI=1S/C26H38F2N2.C6H12/c1-9-23(17-18(3)4)20(6)21(7)25(29-10-2)30-19(5)11-12-22-13-15-24(16-14-22)26(8,27)28;1-6-4-2-3-5-6/h10,13-16,18,23,29H,2,6,9,11-12,17H2,1,3-5,7-8H3;6H,2-5H2,1H3/b25-21+,30-19-;. The van der Waals surface area contributed by atoms with Crippen molar-refractivity contribution in [1.29, 1.82) is 0 Å². The van der Waals surface area contributed by atoms with Gasteiger partial charge in [-0.2, -0.15) is 0 Å². The van der Waals surface area contributed by atoms with Gasteiger partial charge in [-0.05, 0) is 80.2 Å². The topological polar surface area (TPSA) is 24.4 Å². The predicted molar refractivity (Wildman–Crippen MR) is 153 cm³/mol. The zero-order valence-corrected chi connectivity index (χ0v) is 23.9. The second-order valence-corrected chi connectivity index (χ2v) is 10.9. The Labute approximate surface area is 220 Å². The van der Waals surface area contributed by atoms with Crippen LogP contribution in [0.5, 0.6) is 0 Å². The van der Waals surface area contributed by atoms with Crippen molar-refractivity contribution < 1.29 is 8.78 Å². The van der Waals surface area contributed by atoms with E-state index in [1.807, 2.05) is 6.92 Å². The minimum atomic E-state index is -2.81. The summed E-state index contributed by atoms with van der Waals surface area (Å²) in [7, 11) is 0. The van der Waals surface area contributed by atoms with Crippen molar-refractivity contribution >= 4 is 5.71 Å². The number of halogens is 2. The fourth-order valence-corrected chi connectivity index (χ4v) is 4.57. The molecule has 0 heterocycles. The van der Waals surface area contributed by atoms with Crippen LogP contribution in [0.3, 0.4) is 0 Å². The SMILES string of the molecule is C=CNC(/N=C(/C)CCc1ccc(C(C)(F)F)cc1)=C(/C)C(=C)C(CC)CC(C)C.CC1CCCC1. The van der Waals surface area contributed by atoms with Crippen LogP contribution in [0.4, 0.5) is 8.78 Å². The lowest BCUT2D eigenvalue weighted by molar-refractivity contribution is 0.0174. The van der Waals surface area contributed by atoms with Crippen molar-refractivity contribution in [3.05, 3.63) is 71.7 Å². The molecule has 2 nitrogen and oxygen atoms in total. The lowest BCUT2D eigenvalue weighted by Gasteiger charge is -2.22. The molecule has 0 radical (unpaired) electrons. The highest BCUT2D eigenvalue weighted by Crippen LogP contribution is 2.29. The molecular formula is C32H50F2N2. The third-order valence-electron chi connectivity index (χ3n) is 7.00. The van der Waals surface area contributed by atoms with Gasteiger partial charge < -0.3 is 5.32 Å². The molecule has 0 aromatic heterocycles. The summed E-state index contributed by atoms with van der Waals surface area (Å²) in [5.74, 6) is 0.0512. The monoisotopic (exact) mass is 500 g/mol. The summed E-state index contributed by atoms with van der Waals surface area (Å²) >= 11 is 0. The van der Waals surface area contributed by atoms with Gasteiger partial charge in [-0.25, -0.2) is 13.8 Å². The van der Waals surface area contributed by atoms with Crippen molar-refractivity contribution in [2.75, 3.05) is 0 Å². The number of hydrogen-bond donors (Lipinski definition) is 1. The molecule has 0 spiro atoms. The van der Waals surface area contributed by atoms with E-state index < -0.39 is 5.92 Å². The summed E-state index contributed by atoms with van der Waals surface area (Å²) in [5.41, 5.74) is 4.19. The van der Waals surface area contributed by atoms with Gasteiger partial charge in [0, 0.05) is 18.2 Å². The first-order valence-electron chi connectivity index (χ1n) is 13.7. The molecule has 1 aliphatic carbocycles. The zero-order chi connectivity index (χ0) is 27.3. The molecule has 0 aliphatic heterocycles. The van der Waals surface area contributed by atoms with E-state index in [0.29, 0.717) is 11.8 Å². The third-order valence-corrected chi connectivity index (χ3v) is 7.00. The number of allylic oxidation sites excluding steroid dienone is 2. The van der Waals surface area contributed by atoms with E-state index >= 15 is 0 Å². The van der Waals surface area contributed by atoms with E-state index in [9.17, 15) is 8.78 Å². The average molecular weight is 501 g/mol. The molecule has 1 aromatic rings. The minimum Gasteiger partial charge on any atom is -0.347 e. The van der Waals surface area contributed by atoms with Crippen LogP contribution in [0.1, 0.15) is 105 Å². The van der Waals surface area contributed by atoms with Crippen LogP contribution in [0.15, 0.2) is 65.6 Å². The summed E-state index contributed by atoms with van der Waals surface area (Å²) in [6, 6.07) is 6.54. The summed E-state index contributed by atoms with van der Waals surface area (Å²) in [4.78, 5) is 4.79. The molecule has 1 aliphatic rings. The van der Waals surface area contributed by atoms with Crippen molar-refractivity contribution in [2.45, 2.75) is 106 Å². The molecule has 4 heteroatoms. The quantitative estimate of drug-likeness (QED) is 0.224. The number of rotatable bonds is 12. The Morgan fingerprint density at radius 1 is 1.17 bits per heavy atom. The van der Waals surface area contributed by atoms with E-state index in [-0.39, 0.29) is 5.56 Å². The normalized spacial score (nSPS) is 16.2. The van der Waals surface area contributed by atoms with Crippen molar-refractivity contribution in [2.24, 2.45) is 22.7 Å². The van der Waals surface area contributed by atoms with Gasteiger partial charge in [0.15, 0.2) is 0 Å². The fourth-order valence-electron chi connectivity index (χ4n) is 4.57. The molecule has 36 heavy (non-hydrogen) atoms. The first kappa shape index (κ1) is 31.8. The number of benzene rings is 1. The van der Waals surface area contributed by atoms with Crippen molar-refractivity contribution in [3.8, 4) is 0 Å². The molecule has 1 fully saturated rings. The fraction of sp³-hybridized carbons (Fsp3) is 0.594. The molecule has 1 aromatic carbocycles. The number of aryl methyl sites for hydroxylation is 1. The minimum absolute atomic E-state index is 0.0399. The van der Waals surface area contributed by atoms with Crippen LogP contribution in [-0.4, -0.2) is 5.71 Å². The Morgan fingerprint density at radius 3 is 2.17 bits per heavy atom. The molecule has 0 bridgehead atoms. The largest absolute Gasteiger partial charge is 0.347 e. The highest BCUT2D eigenvalue weighted by Gasteiger charge is 2.23. The Kier molecular flexibility index (Phi) is 13.9. The van der Waals surface area contributed by atoms with Gasteiger partial charge in [-0.3, -0.25) is 0 Å². The number of hydrogen-bond acceptors (Lipinski definition) is 2. The molecule has 1 saturated carbocycles. The van der Waals surface area contributed by atoms with Crippen molar-refractivity contribution in [3.63, 3.8) is 0 Å². The number of aliphatic imine (C=N–C) groups is 1. The number of nitrogens with zero attached hydrogens (tertiary/aromatic N) is 1. The van der Waals surface area contributed by atoms with Gasteiger partial charge in [0.05, 0.1) is 0 Å². The molecule has 2 rings (SSSR count). The van der Waals surface area contributed by atoms with Crippen LogP contribution in [0.2, 0.25) is 0 Å². The summed E-state index contributed by atoms with van der Waals surface area (Å²) in [6.45, 7) is 22.1. The van der Waals surface area contributed by atoms with Crippen molar-refractivity contribution in [1.82, 2.24) is 5.32 Å². The molecule has 0 saturated heterocycles.